The third-order valence-corrected chi connectivity index (χ3v) is 4.40. The number of nitrogens with zero attached hydrogens (tertiary/aromatic N) is 1. The second kappa shape index (κ2) is 9.50. The van der Waals surface area contributed by atoms with Crippen molar-refractivity contribution < 1.29 is 14.3 Å². The van der Waals surface area contributed by atoms with Crippen molar-refractivity contribution in [2.45, 2.75) is 20.4 Å². The Bertz CT molecular complexity index is 1000. The molecule has 1 aromatic heterocycles. The van der Waals surface area contributed by atoms with E-state index in [9.17, 15) is 9.59 Å². The van der Waals surface area contributed by atoms with Crippen LogP contribution in [0.4, 0.5) is 11.4 Å². The molecule has 3 rings (SSSR count). The Morgan fingerprint density at radius 3 is 2.48 bits per heavy atom. The summed E-state index contributed by atoms with van der Waals surface area (Å²) in [4.78, 5) is 28.7. The van der Waals surface area contributed by atoms with E-state index >= 15 is 0 Å². The molecule has 0 radical (unpaired) electrons. The van der Waals surface area contributed by atoms with Crippen LogP contribution in [0.3, 0.4) is 0 Å². The van der Waals surface area contributed by atoms with Gasteiger partial charge in [-0.1, -0.05) is 36.4 Å². The fourth-order valence-electron chi connectivity index (χ4n) is 2.81. The predicted octanol–water partition coefficient (Wildman–Crippen LogP) is 4.24. The zero-order valence-electron chi connectivity index (χ0n) is 16.4. The van der Waals surface area contributed by atoms with E-state index < -0.39 is 5.97 Å². The Labute approximate surface area is 169 Å². The van der Waals surface area contributed by atoms with E-state index in [1.54, 1.807) is 43.5 Å². The number of ether oxygens (including phenoxy) is 1. The largest absolute Gasteiger partial charge is 0.462 e. The lowest BCUT2D eigenvalue weighted by molar-refractivity contribution is 0.0527. The van der Waals surface area contributed by atoms with Gasteiger partial charge in [-0.15, -0.1) is 0 Å². The van der Waals surface area contributed by atoms with Crippen molar-refractivity contribution in [1.29, 1.82) is 0 Å². The van der Waals surface area contributed by atoms with Crippen LogP contribution in [0, 0.1) is 6.92 Å². The van der Waals surface area contributed by atoms with E-state index in [1.807, 2.05) is 37.3 Å². The zero-order valence-corrected chi connectivity index (χ0v) is 16.4. The van der Waals surface area contributed by atoms with Crippen LogP contribution in [0.5, 0.6) is 0 Å². The molecule has 0 aliphatic carbocycles. The SMILES string of the molecule is CCOC(=O)c1ccccc1Nc1ccc(C(=O)NCc2ccccc2C)nc1. The van der Waals surface area contributed by atoms with Crippen LogP contribution in [0.1, 0.15) is 38.9 Å². The summed E-state index contributed by atoms with van der Waals surface area (Å²) in [6.07, 6.45) is 1.56. The molecule has 1 amide bonds. The second-order valence-corrected chi connectivity index (χ2v) is 6.43. The molecule has 0 aliphatic rings. The fraction of sp³-hybridized carbons (Fsp3) is 0.174. The molecule has 148 valence electrons. The number of nitrogens with one attached hydrogen (secondary N) is 2. The van der Waals surface area contributed by atoms with Gasteiger partial charge in [0.15, 0.2) is 0 Å². The number of carbonyl (C=O) groups is 2. The summed E-state index contributed by atoms with van der Waals surface area (Å²) in [5, 5.41) is 6.03. The number of rotatable bonds is 7. The lowest BCUT2D eigenvalue weighted by Crippen LogP contribution is -2.24. The quantitative estimate of drug-likeness (QED) is 0.591. The topological polar surface area (TPSA) is 80.3 Å². The van der Waals surface area contributed by atoms with Crippen molar-refractivity contribution in [3.05, 3.63) is 89.2 Å². The molecule has 0 saturated carbocycles. The molecular weight excluding hydrogens is 366 g/mol. The van der Waals surface area contributed by atoms with Gasteiger partial charge in [0.05, 0.1) is 29.7 Å². The van der Waals surface area contributed by atoms with Crippen LogP contribution in [0.15, 0.2) is 66.9 Å². The minimum atomic E-state index is -0.393. The van der Waals surface area contributed by atoms with Crippen molar-refractivity contribution >= 4 is 23.3 Å². The maximum Gasteiger partial charge on any atom is 0.340 e. The molecule has 0 spiro atoms. The van der Waals surface area contributed by atoms with Crippen molar-refractivity contribution in [2.75, 3.05) is 11.9 Å². The van der Waals surface area contributed by atoms with Crippen molar-refractivity contribution in [3.8, 4) is 0 Å². The van der Waals surface area contributed by atoms with E-state index in [0.29, 0.717) is 35.8 Å². The molecule has 6 heteroatoms. The van der Waals surface area contributed by atoms with Gasteiger partial charge in [-0.3, -0.25) is 4.79 Å². The van der Waals surface area contributed by atoms with E-state index in [-0.39, 0.29) is 5.91 Å². The van der Waals surface area contributed by atoms with Gasteiger partial charge in [0.25, 0.3) is 5.91 Å². The molecule has 2 N–H and O–H groups in total. The molecule has 1 heterocycles. The maximum atomic E-state index is 12.4. The first kappa shape index (κ1) is 20.1. The highest BCUT2D eigenvalue weighted by atomic mass is 16.5. The van der Waals surface area contributed by atoms with Crippen LogP contribution in [-0.2, 0) is 11.3 Å². The molecular formula is C23H23N3O3. The van der Waals surface area contributed by atoms with E-state index in [1.165, 1.54) is 0 Å². The number of carbonyl (C=O) groups excluding carboxylic acids is 2. The Kier molecular flexibility index (Phi) is 6.58. The first-order valence-corrected chi connectivity index (χ1v) is 9.40. The summed E-state index contributed by atoms with van der Waals surface area (Å²) < 4.78 is 5.08. The number of esters is 1. The molecule has 0 aliphatic heterocycles. The van der Waals surface area contributed by atoms with Gasteiger partial charge in [0, 0.05) is 6.54 Å². The van der Waals surface area contributed by atoms with Crippen molar-refractivity contribution in [1.82, 2.24) is 10.3 Å². The first-order chi connectivity index (χ1) is 14.1. The molecule has 3 aromatic rings. The summed E-state index contributed by atoms with van der Waals surface area (Å²) in [7, 11) is 0. The zero-order chi connectivity index (χ0) is 20.6. The maximum absolute atomic E-state index is 12.4. The molecule has 0 atom stereocenters. The minimum Gasteiger partial charge on any atom is -0.462 e. The fourth-order valence-corrected chi connectivity index (χ4v) is 2.81. The van der Waals surface area contributed by atoms with Gasteiger partial charge < -0.3 is 15.4 Å². The summed E-state index contributed by atoms with van der Waals surface area (Å²) >= 11 is 0. The Morgan fingerprint density at radius 2 is 1.76 bits per heavy atom. The highest BCUT2D eigenvalue weighted by Crippen LogP contribution is 2.21. The van der Waals surface area contributed by atoms with Gasteiger partial charge >= 0.3 is 5.97 Å². The number of aryl methyl sites for hydroxylation is 1. The highest BCUT2D eigenvalue weighted by Gasteiger charge is 2.13. The minimum absolute atomic E-state index is 0.244. The van der Waals surface area contributed by atoms with Gasteiger partial charge in [0.2, 0.25) is 0 Å². The van der Waals surface area contributed by atoms with Crippen LogP contribution < -0.4 is 10.6 Å². The number of benzene rings is 2. The van der Waals surface area contributed by atoms with Gasteiger partial charge in [-0.25, -0.2) is 9.78 Å². The lowest BCUT2D eigenvalue weighted by atomic mass is 10.1. The molecule has 0 bridgehead atoms. The average molecular weight is 389 g/mol. The molecule has 0 fully saturated rings. The van der Waals surface area contributed by atoms with Gasteiger partial charge in [-0.2, -0.15) is 0 Å². The lowest BCUT2D eigenvalue weighted by Gasteiger charge is -2.11. The summed E-state index contributed by atoms with van der Waals surface area (Å²) in [6, 6.07) is 18.4. The number of hydrogen-bond acceptors (Lipinski definition) is 5. The summed E-state index contributed by atoms with van der Waals surface area (Å²) in [6.45, 7) is 4.52. The second-order valence-electron chi connectivity index (χ2n) is 6.43. The predicted molar refractivity (Wildman–Crippen MR) is 112 cm³/mol. The standard InChI is InChI=1S/C23H23N3O3/c1-3-29-23(28)19-10-6-7-11-20(19)26-18-12-13-21(24-15-18)22(27)25-14-17-9-5-4-8-16(17)2/h4-13,15,26H,3,14H2,1-2H3,(H,25,27). The van der Waals surface area contributed by atoms with Crippen LogP contribution >= 0.6 is 0 Å². The Hall–Kier alpha value is -3.67. The Balaban J connectivity index is 1.66. The number of amides is 1. The molecule has 0 unspecified atom stereocenters. The van der Waals surface area contributed by atoms with Crippen LogP contribution in [0.25, 0.3) is 0 Å². The third kappa shape index (κ3) is 5.19. The van der Waals surface area contributed by atoms with E-state index in [0.717, 1.165) is 11.1 Å². The molecule has 29 heavy (non-hydrogen) atoms. The smallest absolute Gasteiger partial charge is 0.340 e. The third-order valence-electron chi connectivity index (χ3n) is 4.40. The molecule has 0 saturated heterocycles. The van der Waals surface area contributed by atoms with Crippen LogP contribution in [-0.4, -0.2) is 23.5 Å². The average Bonchev–Trinajstić information content (AvgIpc) is 2.74. The van der Waals surface area contributed by atoms with E-state index in [4.69, 9.17) is 4.74 Å². The Morgan fingerprint density at radius 1 is 1.00 bits per heavy atom. The van der Waals surface area contributed by atoms with Gasteiger partial charge in [0.1, 0.15) is 5.69 Å². The van der Waals surface area contributed by atoms with Crippen molar-refractivity contribution in [2.24, 2.45) is 0 Å². The highest BCUT2D eigenvalue weighted by molar-refractivity contribution is 5.96. The normalized spacial score (nSPS) is 10.3. The summed E-state index contributed by atoms with van der Waals surface area (Å²) in [5.74, 6) is -0.637. The molecule has 2 aromatic carbocycles. The van der Waals surface area contributed by atoms with E-state index in [2.05, 4.69) is 15.6 Å². The number of pyridine rings is 1. The number of para-hydroxylation sites is 1. The monoisotopic (exact) mass is 389 g/mol. The molecule has 6 nitrogen and oxygen atoms in total. The van der Waals surface area contributed by atoms with Crippen LogP contribution in [0.2, 0.25) is 0 Å². The number of hydrogen-bond donors (Lipinski definition) is 2. The number of anilines is 2. The first-order valence-electron chi connectivity index (χ1n) is 9.40. The van der Waals surface area contributed by atoms with Gasteiger partial charge in [-0.05, 0) is 49.2 Å². The number of aromatic nitrogens is 1. The van der Waals surface area contributed by atoms with Crippen molar-refractivity contribution in [3.63, 3.8) is 0 Å². The summed E-state index contributed by atoms with van der Waals surface area (Å²) in [5.41, 5.74) is 4.23.